The molecule has 4 N–H and O–H groups in total. The molecule has 2 unspecified atom stereocenters. The predicted octanol–water partition coefficient (Wildman–Crippen LogP) is 2.21. The van der Waals surface area contributed by atoms with Crippen LogP contribution in [-0.2, 0) is 12.8 Å². The van der Waals surface area contributed by atoms with Gasteiger partial charge in [-0.1, -0.05) is 11.6 Å². The van der Waals surface area contributed by atoms with Crippen molar-refractivity contribution >= 4 is 29.0 Å². The third kappa shape index (κ3) is 2.46. The monoisotopic (exact) mass is 346 g/mol. The highest BCUT2D eigenvalue weighted by Crippen LogP contribution is 2.36. The third-order valence-corrected chi connectivity index (χ3v) is 5.15. The van der Waals surface area contributed by atoms with Crippen LogP contribution < -0.4 is 11.1 Å². The number of carbonyl (C=O) groups excluding carboxylic acids is 1. The lowest BCUT2D eigenvalue weighted by Crippen LogP contribution is -2.30. The summed E-state index contributed by atoms with van der Waals surface area (Å²) >= 11 is 6.12. The summed E-state index contributed by atoms with van der Waals surface area (Å²) in [7, 11) is 0. The van der Waals surface area contributed by atoms with Gasteiger partial charge in [0.1, 0.15) is 5.82 Å². The fraction of sp³-hybridized carbons (Fsp3) is 0.412. The Kier molecular flexibility index (Phi) is 3.73. The van der Waals surface area contributed by atoms with Crippen molar-refractivity contribution in [1.82, 2.24) is 9.78 Å². The molecule has 2 atom stereocenters. The van der Waals surface area contributed by atoms with E-state index in [2.05, 4.69) is 10.4 Å². The van der Waals surface area contributed by atoms with E-state index in [-0.39, 0.29) is 11.8 Å². The van der Waals surface area contributed by atoms with Crippen LogP contribution >= 0.6 is 11.6 Å². The Morgan fingerprint density at radius 2 is 2.25 bits per heavy atom. The van der Waals surface area contributed by atoms with Crippen LogP contribution in [0.1, 0.15) is 40.4 Å². The highest BCUT2D eigenvalue weighted by atomic mass is 35.5. The van der Waals surface area contributed by atoms with Gasteiger partial charge < -0.3 is 16.2 Å². The number of fused-ring (bicyclic) bond motifs is 2. The Morgan fingerprint density at radius 3 is 3.08 bits per heavy atom. The van der Waals surface area contributed by atoms with Gasteiger partial charge in [-0.3, -0.25) is 4.79 Å². The molecule has 24 heavy (non-hydrogen) atoms. The average molecular weight is 347 g/mol. The molecule has 4 rings (SSSR count). The normalized spacial score (nSPS) is 22.4. The van der Waals surface area contributed by atoms with E-state index in [4.69, 9.17) is 17.3 Å². The average Bonchev–Trinajstić information content (AvgIpc) is 2.90. The van der Waals surface area contributed by atoms with Gasteiger partial charge in [-0.25, -0.2) is 4.68 Å². The van der Waals surface area contributed by atoms with E-state index >= 15 is 0 Å². The molecule has 2 aliphatic rings. The van der Waals surface area contributed by atoms with Crippen LogP contribution in [-0.4, -0.2) is 33.4 Å². The van der Waals surface area contributed by atoms with Crippen molar-refractivity contribution < 1.29 is 9.90 Å². The molecule has 0 radical (unpaired) electrons. The van der Waals surface area contributed by atoms with Crippen LogP contribution in [0.25, 0.3) is 0 Å². The molecule has 0 saturated carbocycles. The lowest BCUT2D eigenvalue weighted by molar-refractivity contribution is 0.0848. The first-order valence-electron chi connectivity index (χ1n) is 8.16. The fourth-order valence-corrected chi connectivity index (χ4v) is 3.88. The first-order chi connectivity index (χ1) is 11.5. The van der Waals surface area contributed by atoms with Crippen molar-refractivity contribution in [2.45, 2.75) is 37.7 Å². The van der Waals surface area contributed by atoms with Gasteiger partial charge in [0, 0.05) is 29.2 Å². The quantitative estimate of drug-likeness (QED) is 0.736. The number of nitrogens with two attached hydrogens (primary N) is 1. The second-order valence-electron chi connectivity index (χ2n) is 6.46. The number of benzene rings is 1. The number of nitrogen functional groups attached to an aromatic ring is 1. The second-order valence-corrected chi connectivity index (χ2v) is 6.89. The number of anilines is 2. The van der Waals surface area contributed by atoms with Crippen LogP contribution in [0.15, 0.2) is 18.2 Å². The van der Waals surface area contributed by atoms with Crippen molar-refractivity contribution in [3.63, 3.8) is 0 Å². The van der Waals surface area contributed by atoms with Gasteiger partial charge in [0.05, 0.1) is 17.7 Å². The number of aromatic nitrogens is 2. The molecular formula is C17H19ClN4O2. The molecule has 6 nitrogen and oxygen atoms in total. The third-order valence-electron chi connectivity index (χ3n) is 4.92. The summed E-state index contributed by atoms with van der Waals surface area (Å²) in [6.45, 7) is 0.725. The van der Waals surface area contributed by atoms with Crippen molar-refractivity contribution in [3.8, 4) is 0 Å². The van der Waals surface area contributed by atoms with Crippen molar-refractivity contribution in [2.24, 2.45) is 0 Å². The second kappa shape index (κ2) is 5.79. The lowest BCUT2D eigenvalue weighted by Gasteiger charge is -2.26. The fourth-order valence-electron chi connectivity index (χ4n) is 3.70. The SMILES string of the molecule is Nc1nn(C(=O)C2CCNc3ccc(Cl)cc32)c2c1CC(O)CC2. The van der Waals surface area contributed by atoms with Gasteiger partial charge >= 0.3 is 0 Å². The number of nitrogens with zero attached hydrogens (tertiary/aromatic N) is 2. The molecular weight excluding hydrogens is 328 g/mol. The molecule has 0 bridgehead atoms. The highest BCUT2D eigenvalue weighted by Gasteiger charge is 2.32. The van der Waals surface area contributed by atoms with Crippen molar-refractivity contribution in [3.05, 3.63) is 40.0 Å². The number of carbonyl (C=O) groups is 1. The van der Waals surface area contributed by atoms with Crippen LogP contribution in [0.4, 0.5) is 11.5 Å². The van der Waals surface area contributed by atoms with E-state index in [9.17, 15) is 9.90 Å². The molecule has 1 aliphatic heterocycles. The van der Waals surface area contributed by atoms with Crippen LogP contribution in [0, 0.1) is 0 Å². The number of hydrogen-bond donors (Lipinski definition) is 3. The Balaban J connectivity index is 1.74. The summed E-state index contributed by atoms with van der Waals surface area (Å²) in [5, 5.41) is 18.0. The Hall–Kier alpha value is -2.05. The van der Waals surface area contributed by atoms with Gasteiger partial charge in [0.15, 0.2) is 0 Å². The van der Waals surface area contributed by atoms with E-state index in [0.717, 1.165) is 29.1 Å². The largest absolute Gasteiger partial charge is 0.393 e. The Labute approximate surface area is 144 Å². The molecule has 0 spiro atoms. The standard InChI is InChI=1S/C17H19ClN4O2/c18-9-1-3-14-12(7-9)11(5-6-20-14)17(24)22-15-4-2-10(23)8-13(15)16(19)21-22/h1,3,7,10-11,20,23H,2,4-6,8H2,(H2,19,21). The van der Waals surface area contributed by atoms with Gasteiger partial charge in [-0.05, 0) is 43.0 Å². The number of aliphatic hydroxyl groups excluding tert-OH is 1. The minimum atomic E-state index is -0.411. The molecule has 0 saturated heterocycles. The number of rotatable bonds is 1. The first kappa shape index (κ1) is 15.5. The topological polar surface area (TPSA) is 93.2 Å². The number of hydrogen-bond acceptors (Lipinski definition) is 5. The van der Waals surface area contributed by atoms with Crippen molar-refractivity contribution in [1.29, 1.82) is 0 Å². The van der Waals surface area contributed by atoms with E-state index in [1.165, 1.54) is 4.68 Å². The molecule has 0 amide bonds. The summed E-state index contributed by atoms with van der Waals surface area (Å²) in [4.78, 5) is 13.2. The van der Waals surface area contributed by atoms with E-state index in [0.29, 0.717) is 36.5 Å². The van der Waals surface area contributed by atoms with Crippen LogP contribution in [0.3, 0.4) is 0 Å². The van der Waals surface area contributed by atoms with Gasteiger partial charge in [-0.15, -0.1) is 5.10 Å². The summed E-state index contributed by atoms with van der Waals surface area (Å²) in [6, 6.07) is 5.56. The zero-order valence-corrected chi connectivity index (χ0v) is 13.9. The predicted molar refractivity (Wildman–Crippen MR) is 92.6 cm³/mol. The molecule has 2 aromatic rings. The number of aliphatic hydroxyl groups is 1. The first-order valence-corrected chi connectivity index (χ1v) is 8.54. The van der Waals surface area contributed by atoms with E-state index in [1.807, 2.05) is 18.2 Å². The van der Waals surface area contributed by atoms with Gasteiger partial charge in [0.2, 0.25) is 0 Å². The molecule has 2 heterocycles. The highest BCUT2D eigenvalue weighted by molar-refractivity contribution is 6.30. The molecule has 1 aliphatic carbocycles. The Bertz CT molecular complexity index is 817. The van der Waals surface area contributed by atoms with E-state index < -0.39 is 6.10 Å². The summed E-state index contributed by atoms with van der Waals surface area (Å²) in [5.41, 5.74) is 9.47. The summed E-state index contributed by atoms with van der Waals surface area (Å²) in [5.74, 6) is -0.0306. The summed E-state index contributed by atoms with van der Waals surface area (Å²) in [6.07, 6.45) is 1.97. The smallest absolute Gasteiger partial charge is 0.254 e. The zero-order chi connectivity index (χ0) is 16.8. The van der Waals surface area contributed by atoms with Crippen LogP contribution in [0.2, 0.25) is 5.02 Å². The summed E-state index contributed by atoms with van der Waals surface area (Å²) < 4.78 is 1.46. The molecule has 1 aromatic carbocycles. The molecule has 126 valence electrons. The molecule has 7 heteroatoms. The minimum Gasteiger partial charge on any atom is -0.393 e. The van der Waals surface area contributed by atoms with Crippen LogP contribution in [0.5, 0.6) is 0 Å². The lowest BCUT2D eigenvalue weighted by atomic mass is 9.89. The molecule has 1 aromatic heterocycles. The van der Waals surface area contributed by atoms with Gasteiger partial charge in [-0.2, -0.15) is 0 Å². The van der Waals surface area contributed by atoms with E-state index in [1.54, 1.807) is 0 Å². The zero-order valence-electron chi connectivity index (χ0n) is 13.1. The maximum Gasteiger partial charge on any atom is 0.254 e. The number of nitrogens with one attached hydrogen (secondary N) is 1. The minimum absolute atomic E-state index is 0.0793. The Morgan fingerprint density at radius 1 is 1.42 bits per heavy atom. The molecule has 0 fully saturated rings. The van der Waals surface area contributed by atoms with Crippen molar-refractivity contribution in [2.75, 3.05) is 17.6 Å². The maximum atomic E-state index is 13.2. The van der Waals surface area contributed by atoms with Gasteiger partial charge in [0.25, 0.3) is 5.91 Å². The number of halogens is 1. The maximum absolute atomic E-state index is 13.2.